The van der Waals surface area contributed by atoms with Crippen LogP contribution >= 0.6 is 0 Å². The SMILES string of the molecule is CC1CCN(C(C)c2ccco2)CC1N. The summed E-state index contributed by atoms with van der Waals surface area (Å²) in [5.74, 6) is 1.68. The largest absolute Gasteiger partial charge is 0.468 e. The number of hydrogen-bond acceptors (Lipinski definition) is 3. The highest BCUT2D eigenvalue weighted by Gasteiger charge is 2.27. The van der Waals surface area contributed by atoms with E-state index in [1.165, 1.54) is 6.42 Å². The molecule has 0 radical (unpaired) electrons. The fourth-order valence-electron chi connectivity index (χ4n) is 2.19. The van der Waals surface area contributed by atoms with E-state index in [0.29, 0.717) is 18.0 Å². The first kappa shape index (κ1) is 10.7. The third kappa shape index (κ3) is 2.24. The Balaban J connectivity index is 2.00. The summed E-state index contributed by atoms with van der Waals surface area (Å²) < 4.78 is 5.43. The molecule has 1 aromatic heterocycles. The molecule has 1 fully saturated rings. The second-order valence-electron chi connectivity index (χ2n) is 4.62. The predicted octanol–water partition coefficient (Wildman–Crippen LogP) is 2.01. The fraction of sp³-hybridized carbons (Fsp3) is 0.667. The minimum Gasteiger partial charge on any atom is -0.468 e. The molecule has 15 heavy (non-hydrogen) atoms. The Morgan fingerprint density at radius 1 is 1.60 bits per heavy atom. The Kier molecular flexibility index (Phi) is 3.12. The van der Waals surface area contributed by atoms with Gasteiger partial charge in [0.15, 0.2) is 0 Å². The van der Waals surface area contributed by atoms with E-state index in [4.69, 9.17) is 10.2 Å². The second-order valence-corrected chi connectivity index (χ2v) is 4.62. The molecule has 3 nitrogen and oxygen atoms in total. The van der Waals surface area contributed by atoms with Crippen LogP contribution in [0.15, 0.2) is 22.8 Å². The van der Waals surface area contributed by atoms with Crippen LogP contribution in [0.1, 0.15) is 32.1 Å². The summed E-state index contributed by atoms with van der Waals surface area (Å²) in [7, 11) is 0. The van der Waals surface area contributed by atoms with Gasteiger partial charge in [-0.1, -0.05) is 6.92 Å². The molecule has 1 saturated heterocycles. The highest BCUT2D eigenvalue weighted by molar-refractivity contribution is 5.04. The van der Waals surface area contributed by atoms with E-state index in [2.05, 4.69) is 18.7 Å². The van der Waals surface area contributed by atoms with Gasteiger partial charge in [0.25, 0.3) is 0 Å². The third-order valence-electron chi connectivity index (χ3n) is 3.55. The van der Waals surface area contributed by atoms with Gasteiger partial charge in [0.05, 0.1) is 12.3 Å². The first-order valence-electron chi connectivity index (χ1n) is 5.71. The standard InChI is InChI=1S/C12H20N2O/c1-9-5-6-14(8-11(9)13)10(2)12-4-3-7-15-12/h3-4,7,9-11H,5-6,8,13H2,1-2H3. The van der Waals surface area contributed by atoms with Crippen molar-refractivity contribution in [2.24, 2.45) is 11.7 Å². The van der Waals surface area contributed by atoms with E-state index < -0.39 is 0 Å². The van der Waals surface area contributed by atoms with Gasteiger partial charge in [-0.3, -0.25) is 4.90 Å². The van der Waals surface area contributed by atoms with Crippen molar-refractivity contribution < 1.29 is 4.42 Å². The van der Waals surface area contributed by atoms with Crippen molar-refractivity contribution >= 4 is 0 Å². The lowest BCUT2D eigenvalue weighted by atomic mass is 9.93. The molecule has 0 bridgehead atoms. The van der Waals surface area contributed by atoms with Crippen LogP contribution < -0.4 is 5.73 Å². The Morgan fingerprint density at radius 2 is 2.40 bits per heavy atom. The average Bonchev–Trinajstić information content (AvgIpc) is 2.74. The molecule has 1 aliphatic heterocycles. The maximum Gasteiger partial charge on any atom is 0.120 e. The van der Waals surface area contributed by atoms with Crippen LogP contribution in [0.2, 0.25) is 0 Å². The van der Waals surface area contributed by atoms with E-state index in [9.17, 15) is 0 Å². The van der Waals surface area contributed by atoms with Gasteiger partial charge in [0, 0.05) is 12.6 Å². The van der Waals surface area contributed by atoms with Gasteiger partial charge in [-0.2, -0.15) is 0 Å². The normalized spacial score (nSPS) is 30.3. The van der Waals surface area contributed by atoms with Gasteiger partial charge in [-0.15, -0.1) is 0 Å². The molecule has 84 valence electrons. The van der Waals surface area contributed by atoms with Crippen LogP contribution in [-0.4, -0.2) is 24.0 Å². The summed E-state index contributed by atoms with van der Waals surface area (Å²) in [5, 5.41) is 0. The van der Waals surface area contributed by atoms with E-state index >= 15 is 0 Å². The fourth-order valence-corrected chi connectivity index (χ4v) is 2.19. The van der Waals surface area contributed by atoms with E-state index in [1.54, 1.807) is 6.26 Å². The lowest BCUT2D eigenvalue weighted by Gasteiger charge is -2.37. The highest BCUT2D eigenvalue weighted by Crippen LogP contribution is 2.25. The molecule has 0 aromatic carbocycles. The molecule has 2 heterocycles. The summed E-state index contributed by atoms with van der Waals surface area (Å²) in [5.41, 5.74) is 6.09. The predicted molar refractivity (Wildman–Crippen MR) is 60.5 cm³/mol. The lowest BCUT2D eigenvalue weighted by molar-refractivity contribution is 0.116. The van der Waals surface area contributed by atoms with E-state index in [1.807, 2.05) is 12.1 Å². The summed E-state index contributed by atoms with van der Waals surface area (Å²) in [6.45, 7) is 6.51. The number of piperidine rings is 1. The average molecular weight is 208 g/mol. The summed E-state index contributed by atoms with van der Waals surface area (Å²) in [6.07, 6.45) is 2.92. The smallest absolute Gasteiger partial charge is 0.120 e. The molecular formula is C12H20N2O. The highest BCUT2D eigenvalue weighted by atomic mass is 16.3. The number of nitrogens with zero attached hydrogens (tertiary/aromatic N) is 1. The van der Waals surface area contributed by atoms with Crippen LogP contribution in [0, 0.1) is 5.92 Å². The number of furan rings is 1. The molecule has 2 N–H and O–H groups in total. The molecule has 0 saturated carbocycles. The van der Waals surface area contributed by atoms with Gasteiger partial charge in [0.1, 0.15) is 5.76 Å². The van der Waals surface area contributed by atoms with Crippen LogP contribution in [0.25, 0.3) is 0 Å². The van der Waals surface area contributed by atoms with E-state index in [-0.39, 0.29) is 0 Å². The van der Waals surface area contributed by atoms with Gasteiger partial charge >= 0.3 is 0 Å². The van der Waals surface area contributed by atoms with Gasteiger partial charge in [-0.25, -0.2) is 0 Å². The zero-order valence-corrected chi connectivity index (χ0v) is 9.52. The van der Waals surface area contributed by atoms with Crippen molar-refractivity contribution in [2.45, 2.75) is 32.4 Å². The molecule has 0 aliphatic carbocycles. The van der Waals surface area contributed by atoms with Crippen LogP contribution in [0.5, 0.6) is 0 Å². The van der Waals surface area contributed by atoms with Gasteiger partial charge in [-0.05, 0) is 37.9 Å². The van der Waals surface area contributed by atoms with Crippen LogP contribution in [0.3, 0.4) is 0 Å². The quantitative estimate of drug-likeness (QED) is 0.808. The molecule has 1 aromatic rings. The molecular weight excluding hydrogens is 188 g/mol. The third-order valence-corrected chi connectivity index (χ3v) is 3.55. The van der Waals surface area contributed by atoms with Crippen LogP contribution in [0.4, 0.5) is 0 Å². The summed E-state index contributed by atoms with van der Waals surface area (Å²) in [4.78, 5) is 2.41. The Morgan fingerprint density at radius 3 is 3.00 bits per heavy atom. The van der Waals surface area contributed by atoms with Gasteiger partial charge in [0.2, 0.25) is 0 Å². The molecule has 3 atom stereocenters. The molecule has 3 unspecified atom stereocenters. The maximum atomic E-state index is 6.09. The first-order valence-corrected chi connectivity index (χ1v) is 5.71. The maximum absolute atomic E-state index is 6.09. The summed E-state index contributed by atoms with van der Waals surface area (Å²) in [6, 6.07) is 4.63. The molecule has 3 heteroatoms. The van der Waals surface area contributed by atoms with Crippen molar-refractivity contribution in [1.82, 2.24) is 4.90 Å². The molecule has 0 amide bonds. The number of nitrogens with two attached hydrogens (primary N) is 1. The molecule has 0 spiro atoms. The number of rotatable bonds is 2. The van der Waals surface area contributed by atoms with Crippen molar-refractivity contribution in [3.8, 4) is 0 Å². The summed E-state index contributed by atoms with van der Waals surface area (Å²) >= 11 is 0. The zero-order chi connectivity index (χ0) is 10.8. The van der Waals surface area contributed by atoms with E-state index in [0.717, 1.165) is 18.8 Å². The Bertz CT molecular complexity index is 297. The number of hydrogen-bond donors (Lipinski definition) is 1. The molecule has 2 rings (SSSR count). The van der Waals surface area contributed by atoms with Crippen molar-refractivity contribution in [3.05, 3.63) is 24.2 Å². The Hall–Kier alpha value is -0.800. The number of likely N-dealkylation sites (tertiary alicyclic amines) is 1. The minimum atomic E-state index is 0.302. The Labute approximate surface area is 91.2 Å². The van der Waals surface area contributed by atoms with Crippen LogP contribution in [-0.2, 0) is 0 Å². The monoisotopic (exact) mass is 208 g/mol. The van der Waals surface area contributed by atoms with Crippen molar-refractivity contribution in [2.75, 3.05) is 13.1 Å². The minimum absolute atomic E-state index is 0.302. The van der Waals surface area contributed by atoms with Crippen molar-refractivity contribution in [3.63, 3.8) is 0 Å². The first-order chi connectivity index (χ1) is 7.18. The van der Waals surface area contributed by atoms with Crippen molar-refractivity contribution in [1.29, 1.82) is 0 Å². The van der Waals surface area contributed by atoms with Gasteiger partial charge < -0.3 is 10.2 Å². The zero-order valence-electron chi connectivity index (χ0n) is 9.52. The molecule has 1 aliphatic rings. The second kappa shape index (κ2) is 4.37. The topological polar surface area (TPSA) is 42.4 Å². The lowest BCUT2D eigenvalue weighted by Crippen LogP contribution is -2.48.